The first-order chi connectivity index (χ1) is 6.61. The zero-order valence-electron chi connectivity index (χ0n) is 7.47. The van der Waals surface area contributed by atoms with E-state index in [1.807, 2.05) is 6.07 Å². The third-order valence-corrected chi connectivity index (χ3v) is 2.86. The van der Waals surface area contributed by atoms with Crippen molar-refractivity contribution in [3.05, 3.63) is 38.6 Å². The minimum Gasteiger partial charge on any atom is -0.507 e. The highest BCUT2D eigenvalue weighted by atomic mass is 79.9. The number of nitrogens with one attached hydrogen (secondary N) is 1. The topological polar surface area (TPSA) is 53.1 Å². The van der Waals surface area contributed by atoms with Crippen molar-refractivity contribution < 1.29 is 5.11 Å². The Morgan fingerprint density at radius 2 is 2.14 bits per heavy atom. The van der Waals surface area contributed by atoms with Crippen LogP contribution in [0.25, 0.3) is 10.9 Å². The first-order valence-corrected chi connectivity index (χ1v) is 4.90. The van der Waals surface area contributed by atoms with Gasteiger partial charge in [0.15, 0.2) is 0 Å². The van der Waals surface area contributed by atoms with Gasteiger partial charge >= 0.3 is 0 Å². The fourth-order valence-electron chi connectivity index (χ4n) is 1.38. The summed E-state index contributed by atoms with van der Waals surface area (Å²) >= 11 is 3.32. The molecule has 14 heavy (non-hydrogen) atoms. The molecule has 1 aromatic heterocycles. The van der Waals surface area contributed by atoms with E-state index in [-0.39, 0.29) is 11.3 Å². The maximum atomic E-state index is 11.3. The fraction of sp³-hybridized carbons (Fsp3) is 0.100. The summed E-state index contributed by atoms with van der Waals surface area (Å²) in [5, 5.41) is 10.4. The van der Waals surface area contributed by atoms with E-state index in [2.05, 4.69) is 20.9 Å². The van der Waals surface area contributed by atoms with Crippen LogP contribution in [0.4, 0.5) is 0 Å². The smallest absolute Gasteiger partial charge is 0.255 e. The van der Waals surface area contributed by atoms with Gasteiger partial charge in [0.05, 0.1) is 16.5 Å². The summed E-state index contributed by atoms with van der Waals surface area (Å²) < 4.78 is 0.770. The Kier molecular flexibility index (Phi) is 2.07. The molecule has 0 unspecified atom stereocenters. The predicted octanol–water partition coefficient (Wildman–Crippen LogP) is 2.30. The summed E-state index contributed by atoms with van der Waals surface area (Å²) in [5.41, 5.74) is 0.713. The number of aromatic hydroxyl groups is 1. The number of aromatic amines is 1. The average molecular weight is 254 g/mol. The van der Waals surface area contributed by atoms with Gasteiger partial charge in [-0.2, -0.15) is 0 Å². The van der Waals surface area contributed by atoms with Gasteiger partial charge in [-0.05, 0) is 35.0 Å². The molecule has 0 saturated carbocycles. The van der Waals surface area contributed by atoms with E-state index in [1.54, 1.807) is 19.1 Å². The van der Waals surface area contributed by atoms with Gasteiger partial charge in [0.2, 0.25) is 0 Å². The van der Waals surface area contributed by atoms with Crippen LogP contribution >= 0.6 is 15.9 Å². The Morgan fingerprint density at radius 1 is 1.43 bits per heavy atom. The third kappa shape index (κ3) is 1.23. The summed E-state index contributed by atoms with van der Waals surface area (Å²) in [6.45, 7) is 1.59. The lowest BCUT2D eigenvalue weighted by molar-refractivity contribution is 0.476. The summed E-state index contributed by atoms with van der Waals surface area (Å²) in [6, 6.07) is 5.37. The minimum absolute atomic E-state index is 0.0382. The van der Waals surface area contributed by atoms with Crippen LogP contribution in [0.5, 0.6) is 5.75 Å². The van der Waals surface area contributed by atoms with Gasteiger partial charge in [-0.15, -0.1) is 0 Å². The van der Waals surface area contributed by atoms with E-state index < -0.39 is 0 Å². The molecular formula is C10H8BrNO2. The van der Waals surface area contributed by atoms with Gasteiger partial charge in [-0.3, -0.25) is 4.79 Å². The van der Waals surface area contributed by atoms with Gasteiger partial charge in [0.1, 0.15) is 5.75 Å². The highest BCUT2D eigenvalue weighted by molar-refractivity contribution is 9.10. The molecule has 72 valence electrons. The van der Waals surface area contributed by atoms with E-state index >= 15 is 0 Å². The van der Waals surface area contributed by atoms with E-state index in [9.17, 15) is 9.90 Å². The first-order valence-electron chi connectivity index (χ1n) is 4.11. The zero-order valence-corrected chi connectivity index (χ0v) is 9.05. The number of pyridine rings is 1. The molecule has 1 aromatic carbocycles. The highest BCUT2D eigenvalue weighted by Crippen LogP contribution is 2.30. The van der Waals surface area contributed by atoms with Gasteiger partial charge in [0, 0.05) is 4.47 Å². The van der Waals surface area contributed by atoms with E-state index in [4.69, 9.17) is 0 Å². The predicted molar refractivity (Wildman–Crippen MR) is 58.7 cm³/mol. The van der Waals surface area contributed by atoms with Crippen LogP contribution in [0.1, 0.15) is 5.56 Å². The van der Waals surface area contributed by atoms with Crippen LogP contribution < -0.4 is 5.56 Å². The molecule has 0 aliphatic heterocycles. The molecule has 0 bridgehead atoms. The number of halogens is 1. The van der Waals surface area contributed by atoms with Crippen molar-refractivity contribution >= 4 is 26.8 Å². The van der Waals surface area contributed by atoms with Crippen LogP contribution in [0.3, 0.4) is 0 Å². The second-order valence-corrected chi connectivity index (χ2v) is 3.94. The lowest BCUT2D eigenvalue weighted by atomic mass is 10.1. The lowest BCUT2D eigenvalue weighted by Gasteiger charge is -2.05. The van der Waals surface area contributed by atoms with Crippen LogP contribution in [-0.4, -0.2) is 10.1 Å². The number of hydrogen-bond acceptors (Lipinski definition) is 2. The molecule has 0 aliphatic carbocycles. The van der Waals surface area contributed by atoms with Crippen LogP contribution in [0, 0.1) is 6.92 Å². The van der Waals surface area contributed by atoms with Crippen molar-refractivity contribution in [2.75, 3.05) is 0 Å². The van der Waals surface area contributed by atoms with E-state index in [1.165, 1.54) is 0 Å². The highest BCUT2D eigenvalue weighted by Gasteiger charge is 2.09. The van der Waals surface area contributed by atoms with Crippen molar-refractivity contribution in [3.8, 4) is 5.75 Å². The Morgan fingerprint density at radius 3 is 2.86 bits per heavy atom. The summed E-state index contributed by atoms with van der Waals surface area (Å²) in [4.78, 5) is 14.0. The molecular weight excluding hydrogens is 246 g/mol. The van der Waals surface area contributed by atoms with Gasteiger partial charge < -0.3 is 10.1 Å². The van der Waals surface area contributed by atoms with Crippen molar-refractivity contribution in [2.45, 2.75) is 6.92 Å². The molecule has 2 aromatic rings. The van der Waals surface area contributed by atoms with E-state index in [0.717, 1.165) is 4.47 Å². The van der Waals surface area contributed by atoms with Gasteiger partial charge in [0.25, 0.3) is 5.56 Å². The van der Waals surface area contributed by atoms with Gasteiger partial charge in [-0.1, -0.05) is 6.07 Å². The van der Waals surface area contributed by atoms with Crippen LogP contribution in [0.15, 0.2) is 27.5 Å². The monoisotopic (exact) mass is 253 g/mol. The molecule has 2 rings (SSSR count). The molecule has 1 heterocycles. The lowest BCUT2D eigenvalue weighted by Crippen LogP contribution is -2.09. The summed E-state index contributed by atoms with van der Waals surface area (Å²) in [7, 11) is 0. The number of fused-ring (bicyclic) bond motifs is 1. The van der Waals surface area contributed by atoms with Crippen molar-refractivity contribution in [1.29, 1.82) is 0 Å². The molecule has 0 fully saturated rings. The molecule has 0 radical (unpaired) electrons. The molecule has 0 aliphatic rings. The van der Waals surface area contributed by atoms with Gasteiger partial charge in [-0.25, -0.2) is 0 Å². The van der Waals surface area contributed by atoms with Crippen LogP contribution in [0.2, 0.25) is 0 Å². The standard InChI is InChI=1S/C10H8BrNO2/c1-5-9(13)8-6(11)3-2-4-7(8)12-10(5)14/h2-4H,1H3,(H2,12,13,14). The number of H-pyrrole nitrogens is 1. The number of rotatable bonds is 0. The molecule has 0 spiro atoms. The largest absolute Gasteiger partial charge is 0.507 e. The fourth-order valence-corrected chi connectivity index (χ4v) is 1.93. The molecule has 3 nitrogen and oxygen atoms in total. The minimum atomic E-state index is -0.256. The first kappa shape index (κ1) is 9.27. The maximum absolute atomic E-state index is 11.3. The maximum Gasteiger partial charge on any atom is 0.255 e. The quantitative estimate of drug-likeness (QED) is 0.757. The SMILES string of the molecule is Cc1c(O)c2c(Br)cccc2[nH]c1=O. The van der Waals surface area contributed by atoms with Crippen molar-refractivity contribution in [3.63, 3.8) is 0 Å². The number of hydrogen-bond donors (Lipinski definition) is 2. The zero-order chi connectivity index (χ0) is 10.3. The average Bonchev–Trinajstić information content (AvgIpc) is 2.14. The molecule has 2 N–H and O–H groups in total. The third-order valence-electron chi connectivity index (χ3n) is 2.19. The molecule has 0 amide bonds. The Balaban J connectivity index is 3.07. The molecule has 0 saturated heterocycles. The van der Waals surface area contributed by atoms with Crippen molar-refractivity contribution in [2.24, 2.45) is 0 Å². The van der Waals surface area contributed by atoms with E-state index in [0.29, 0.717) is 16.5 Å². The number of benzene rings is 1. The Hall–Kier alpha value is -1.29. The second-order valence-electron chi connectivity index (χ2n) is 3.09. The second kappa shape index (κ2) is 3.13. The van der Waals surface area contributed by atoms with Crippen molar-refractivity contribution in [1.82, 2.24) is 4.98 Å². The van der Waals surface area contributed by atoms with Crippen LogP contribution in [-0.2, 0) is 0 Å². The molecule has 0 atom stereocenters. The number of aromatic nitrogens is 1. The normalized spacial score (nSPS) is 10.7. The Bertz CT molecular complexity index is 560. The summed E-state index contributed by atoms with van der Waals surface area (Å²) in [6.07, 6.45) is 0. The molecule has 4 heteroatoms. The Labute approximate surface area is 88.5 Å². The summed E-state index contributed by atoms with van der Waals surface area (Å²) in [5.74, 6) is 0.0382.